The maximum absolute atomic E-state index is 12.8. The van der Waals surface area contributed by atoms with Gasteiger partial charge in [0, 0.05) is 39.0 Å². The third-order valence-electron chi connectivity index (χ3n) is 6.76. The maximum Gasteiger partial charge on any atom is 2.00 e. The molecule has 0 bridgehead atoms. The number of benzene rings is 2. The smallest absolute Gasteiger partial charge is 0.867 e. The molecule has 4 aromatic rings. The molecule has 0 saturated heterocycles. The Morgan fingerprint density at radius 3 is 1.26 bits per heavy atom. The van der Waals surface area contributed by atoms with Gasteiger partial charge in [-0.1, -0.05) is 52.0 Å². The molecule has 0 aliphatic heterocycles. The molecule has 0 spiro atoms. The van der Waals surface area contributed by atoms with Crippen LogP contribution in [-0.4, -0.2) is 30.9 Å². The first kappa shape index (κ1) is 38.3. The molecule has 2 heterocycles. The summed E-state index contributed by atoms with van der Waals surface area (Å²) >= 11 is 0. The van der Waals surface area contributed by atoms with Crippen LogP contribution >= 0.6 is 0 Å². The molecule has 2 amide bonds. The van der Waals surface area contributed by atoms with E-state index in [0.717, 1.165) is 9.13 Å². The van der Waals surface area contributed by atoms with E-state index in [9.17, 15) is 38.2 Å². The Labute approximate surface area is 279 Å². The van der Waals surface area contributed by atoms with Crippen LogP contribution in [0.3, 0.4) is 0 Å². The summed E-state index contributed by atoms with van der Waals surface area (Å²) in [6, 6.07) is 11.2. The topological polar surface area (TPSA) is 174 Å². The fourth-order valence-electron chi connectivity index (χ4n) is 4.27. The van der Waals surface area contributed by atoms with Crippen molar-refractivity contribution >= 4 is 11.8 Å². The quantitative estimate of drug-likeness (QED) is 0.282. The standard InChI is InChI=1S/2C16H18FN3O3.Co/c2*1-9(2)14-19-12(13(21)16(23)20(14)3)15(22)18-8-10-4-6-11(17)7-5-10;/h2*4-7,9,21H,8H2,1-3H3,(H,18,22);/q;;+2/p-2. The van der Waals surface area contributed by atoms with Crippen LogP contribution in [-0.2, 0) is 44.0 Å². The first-order chi connectivity index (χ1) is 21.6. The van der Waals surface area contributed by atoms with Crippen molar-refractivity contribution in [2.75, 3.05) is 0 Å². The number of rotatable bonds is 8. The van der Waals surface area contributed by atoms with Crippen LogP contribution in [0.1, 0.15) is 83.3 Å². The molecule has 0 aliphatic carbocycles. The zero-order valence-corrected chi connectivity index (χ0v) is 27.6. The van der Waals surface area contributed by atoms with Gasteiger partial charge >= 0.3 is 16.8 Å². The molecule has 47 heavy (non-hydrogen) atoms. The van der Waals surface area contributed by atoms with E-state index in [4.69, 9.17) is 0 Å². The minimum Gasteiger partial charge on any atom is -0.867 e. The van der Waals surface area contributed by atoms with Crippen LogP contribution in [0.2, 0.25) is 0 Å². The van der Waals surface area contributed by atoms with E-state index in [1.54, 1.807) is 0 Å². The molecule has 4 rings (SSSR count). The fourth-order valence-corrected chi connectivity index (χ4v) is 4.27. The number of aromatic nitrogens is 4. The maximum atomic E-state index is 12.8. The van der Waals surface area contributed by atoms with Crippen LogP contribution < -0.4 is 32.0 Å². The van der Waals surface area contributed by atoms with Gasteiger partial charge in [-0.2, -0.15) is 0 Å². The summed E-state index contributed by atoms with van der Waals surface area (Å²) < 4.78 is 28.0. The number of nitrogens with one attached hydrogen (secondary N) is 2. The molecule has 12 nitrogen and oxygen atoms in total. The molecule has 2 aromatic carbocycles. The van der Waals surface area contributed by atoms with Crippen molar-refractivity contribution in [2.45, 2.75) is 52.6 Å². The molecule has 2 N–H and O–H groups in total. The van der Waals surface area contributed by atoms with Gasteiger partial charge in [-0.05, 0) is 46.9 Å². The van der Waals surface area contributed by atoms with Gasteiger partial charge in [-0.3, -0.25) is 19.2 Å². The van der Waals surface area contributed by atoms with Gasteiger partial charge in [0.25, 0.3) is 11.8 Å². The van der Waals surface area contributed by atoms with Crippen molar-refractivity contribution in [1.29, 1.82) is 0 Å². The minimum atomic E-state index is -0.937. The molecule has 15 heteroatoms. The van der Waals surface area contributed by atoms with Gasteiger partial charge in [0.15, 0.2) is 0 Å². The molecular formula is C32H34CoF2N6O6. The second kappa shape index (κ2) is 16.6. The number of nitrogens with zero attached hydrogens (tertiary/aromatic N) is 4. The summed E-state index contributed by atoms with van der Waals surface area (Å²) in [4.78, 5) is 56.2. The third-order valence-corrected chi connectivity index (χ3v) is 6.76. The van der Waals surface area contributed by atoms with Gasteiger partial charge in [-0.25, -0.2) is 18.7 Å². The largest absolute Gasteiger partial charge is 2.00 e. The average Bonchev–Trinajstić information content (AvgIpc) is 3.02. The number of carbonyl (C=O) groups is 2. The van der Waals surface area contributed by atoms with Crippen molar-refractivity contribution in [3.8, 4) is 11.5 Å². The van der Waals surface area contributed by atoms with Gasteiger partial charge < -0.3 is 30.0 Å². The summed E-state index contributed by atoms with van der Waals surface area (Å²) in [5, 5.41) is 28.9. The van der Waals surface area contributed by atoms with E-state index in [2.05, 4.69) is 20.6 Å². The van der Waals surface area contributed by atoms with Crippen molar-refractivity contribution in [3.63, 3.8) is 0 Å². The Morgan fingerprint density at radius 1 is 0.681 bits per heavy atom. The van der Waals surface area contributed by atoms with E-state index in [1.165, 1.54) is 62.6 Å². The van der Waals surface area contributed by atoms with Gasteiger partial charge in [-0.15, -0.1) is 0 Å². The van der Waals surface area contributed by atoms with Crippen LogP contribution in [0.5, 0.6) is 11.5 Å². The monoisotopic (exact) mass is 695 g/mol. The predicted octanol–water partition coefficient (Wildman–Crippen LogP) is 2.09. The molecule has 0 saturated carbocycles. The van der Waals surface area contributed by atoms with Crippen LogP contribution in [0.15, 0.2) is 58.1 Å². The summed E-state index contributed by atoms with van der Waals surface area (Å²) in [6.45, 7) is 7.46. The van der Waals surface area contributed by atoms with E-state index in [-0.39, 0.29) is 53.3 Å². The molecule has 0 aliphatic rings. The number of carbonyl (C=O) groups excluding carboxylic acids is 2. The van der Waals surface area contributed by atoms with Gasteiger partial charge in [0.1, 0.15) is 34.7 Å². The summed E-state index contributed by atoms with van der Waals surface area (Å²) in [5.41, 5.74) is -1.07. The summed E-state index contributed by atoms with van der Waals surface area (Å²) in [6.07, 6.45) is 0. The normalized spacial score (nSPS) is 10.6. The van der Waals surface area contributed by atoms with Crippen molar-refractivity contribution in [3.05, 3.63) is 115 Å². The van der Waals surface area contributed by atoms with E-state index < -0.39 is 45.8 Å². The van der Waals surface area contributed by atoms with Crippen LogP contribution in [0.4, 0.5) is 8.78 Å². The van der Waals surface area contributed by atoms with Gasteiger partial charge in [0.2, 0.25) is 11.1 Å². The number of halogens is 2. The average molecular weight is 696 g/mol. The van der Waals surface area contributed by atoms with Crippen molar-refractivity contribution in [1.82, 2.24) is 29.7 Å². The summed E-state index contributed by atoms with van der Waals surface area (Å²) in [7, 11) is 2.90. The minimum absolute atomic E-state index is 0. The molecule has 2 aromatic heterocycles. The Kier molecular flexibility index (Phi) is 13.5. The van der Waals surface area contributed by atoms with Crippen LogP contribution in [0.25, 0.3) is 0 Å². The summed E-state index contributed by atoms with van der Waals surface area (Å²) in [5.74, 6) is -3.58. The first-order valence-corrected chi connectivity index (χ1v) is 14.2. The number of hydrogen-bond acceptors (Lipinski definition) is 8. The van der Waals surface area contributed by atoms with Crippen molar-refractivity contribution in [2.24, 2.45) is 14.1 Å². The Morgan fingerprint density at radius 2 is 0.979 bits per heavy atom. The van der Waals surface area contributed by atoms with E-state index in [1.807, 2.05) is 27.7 Å². The zero-order chi connectivity index (χ0) is 34.3. The Bertz CT molecular complexity index is 1710. The molecule has 0 unspecified atom stereocenters. The SMILES string of the molecule is CC(C)c1nc(C(=O)NCc2ccc(F)cc2)c([O-])c(=O)n1C.CC(C)c1nc(C(=O)NCc2ccc(F)cc2)c([O-])c(=O)n1C.[Co+2]. The molecule has 0 atom stereocenters. The predicted molar refractivity (Wildman–Crippen MR) is 161 cm³/mol. The fraction of sp³-hybridized carbons (Fsp3) is 0.312. The first-order valence-electron chi connectivity index (χ1n) is 14.2. The zero-order valence-electron chi connectivity index (χ0n) is 26.5. The molecule has 0 fully saturated rings. The van der Waals surface area contributed by atoms with E-state index in [0.29, 0.717) is 22.8 Å². The van der Waals surface area contributed by atoms with Gasteiger partial charge in [0.05, 0.1) is 0 Å². The second-order valence-corrected chi connectivity index (χ2v) is 11.0. The Balaban J connectivity index is 0.000000320. The van der Waals surface area contributed by atoms with E-state index >= 15 is 0 Å². The molecule has 251 valence electrons. The van der Waals surface area contributed by atoms with Crippen LogP contribution in [0, 0.1) is 11.6 Å². The number of amides is 2. The third kappa shape index (κ3) is 9.56. The Hall–Kier alpha value is -4.89. The molecular weight excluding hydrogens is 661 g/mol. The molecule has 1 radical (unpaired) electrons. The second-order valence-electron chi connectivity index (χ2n) is 11.0. The van der Waals surface area contributed by atoms with Crippen molar-refractivity contribution < 1.29 is 45.4 Å². The number of hydrogen-bond donors (Lipinski definition) is 2.